The van der Waals surface area contributed by atoms with E-state index in [1.54, 1.807) is 12.1 Å². The Labute approximate surface area is 172 Å². The molecule has 0 spiro atoms. The molecule has 5 rings (SSSR count). The quantitative estimate of drug-likeness (QED) is 0.550. The maximum absolute atomic E-state index is 12.5. The van der Waals surface area contributed by atoms with E-state index in [2.05, 4.69) is 15.3 Å². The highest BCUT2D eigenvalue weighted by Crippen LogP contribution is 2.31. The summed E-state index contributed by atoms with van der Waals surface area (Å²) in [6.07, 6.45) is 0. The lowest BCUT2D eigenvalue weighted by Gasteiger charge is -2.28. The summed E-state index contributed by atoms with van der Waals surface area (Å²) in [4.78, 5) is 34.1. The van der Waals surface area contributed by atoms with E-state index in [-0.39, 0.29) is 25.0 Å². The van der Waals surface area contributed by atoms with Gasteiger partial charge >= 0.3 is 0 Å². The summed E-state index contributed by atoms with van der Waals surface area (Å²) in [5.41, 5.74) is 4.04. The van der Waals surface area contributed by atoms with Crippen molar-refractivity contribution in [2.24, 2.45) is 0 Å². The second-order valence-corrected chi connectivity index (χ2v) is 6.96. The number of benzene rings is 3. The maximum Gasteiger partial charge on any atom is 0.265 e. The monoisotopic (exact) mass is 398 g/mol. The van der Waals surface area contributed by atoms with E-state index in [9.17, 15) is 9.59 Å². The van der Waals surface area contributed by atoms with E-state index >= 15 is 0 Å². The summed E-state index contributed by atoms with van der Waals surface area (Å²) in [5.74, 6) is 0.838. The van der Waals surface area contributed by atoms with Crippen LogP contribution in [0.15, 0.2) is 72.8 Å². The first-order valence-electron chi connectivity index (χ1n) is 9.54. The van der Waals surface area contributed by atoms with Crippen molar-refractivity contribution in [2.75, 3.05) is 23.4 Å². The van der Waals surface area contributed by atoms with E-state index in [0.29, 0.717) is 17.1 Å². The van der Waals surface area contributed by atoms with Gasteiger partial charge in [0.15, 0.2) is 6.61 Å². The Bertz CT molecular complexity index is 1210. The number of fused-ring (bicyclic) bond motifs is 2. The highest BCUT2D eigenvalue weighted by atomic mass is 16.5. The smallest absolute Gasteiger partial charge is 0.265 e. The Morgan fingerprint density at radius 3 is 2.63 bits per heavy atom. The van der Waals surface area contributed by atoms with Gasteiger partial charge in [0.1, 0.15) is 18.1 Å². The molecule has 2 N–H and O–H groups in total. The van der Waals surface area contributed by atoms with Crippen molar-refractivity contribution >= 4 is 34.2 Å². The zero-order chi connectivity index (χ0) is 20.5. The normalized spacial score (nSPS) is 13.1. The molecule has 0 bridgehead atoms. The average Bonchev–Trinajstić information content (AvgIpc) is 3.20. The van der Waals surface area contributed by atoms with E-state index in [1.807, 2.05) is 60.7 Å². The third-order valence-corrected chi connectivity index (χ3v) is 4.94. The summed E-state index contributed by atoms with van der Waals surface area (Å²) in [7, 11) is 0. The van der Waals surface area contributed by atoms with Crippen LogP contribution < -0.4 is 15.0 Å². The Morgan fingerprint density at radius 1 is 1.03 bits per heavy atom. The van der Waals surface area contributed by atoms with Crippen molar-refractivity contribution in [1.82, 2.24) is 9.97 Å². The summed E-state index contributed by atoms with van der Waals surface area (Å²) in [5, 5.41) is 2.84. The lowest BCUT2D eigenvalue weighted by atomic mass is 10.2. The third-order valence-electron chi connectivity index (χ3n) is 4.94. The molecule has 0 unspecified atom stereocenters. The number of H-pyrrole nitrogens is 1. The Morgan fingerprint density at radius 2 is 1.80 bits per heavy atom. The van der Waals surface area contributed by atoms with Gasteiger partial charge in [0, 0.05) is 11.3 Å². The zero-order valence-corrected chi connectivity index (χ0v) is 16.0. The fourth-order valence-electron chi connectivity index (χ4n) is 3.47. The molecule has 0 saturated carbocycles. The summed E-state index contributed by atoms with van der Waals surface area (Å²) >= 11 is 0. The topological polar surface area (TPSA) is 87.3 Å². The molecule has 4 aromatic rings. The average molecular weight is 398 g/mol. The standard InChI is InChI=1S/C23H18N4O3/c28-21(13-27-19-7-3-4-8-20(19)30-14-22(27)29)24-16-11-9-15(10-12-16)23-25-17-5-1-2-6-18(17)26-23/h1-12H,13-14H2,(H,24,28)(H,25,26). The van der Waals surface area contributed by atoms with Crippen molar-refractivity contribution in [3.63, 3.8) is 0 Å². The number of hydrogen-bond donors (Lipinski definition) is 2. The van der Waals surface area contributed by atoms with Crippen LogP contribution in [0.5, 0.6) is 5.75 Å². The lowest BCUT2D eigenvalue weighted by Crippen LogP contribution is -2.43. The molecule has 0 atom stereocenters. The minimum Gasteiger partial charge on any atom is -0.482 e. The number of hydrogen-bond acceptors (Lipinski definition) is 4. The second kappa shape index (κ2) is 7.36. The number of carbonyl (C=O) groups is 2. The zero-order valence-electron chi connectivity index (χ0n) is 16.0. The van der Waals surface area contributed by atoms with Crippen LogP contribution in [0.2, 0.25) is 0 Å². The molecule has 7 nitrogen and oxygen atoms in total. The van der Waals surface area contributed by atoms with Crippen molar-refractivity contribution < 1.29 is 14.3 Å². The number of ether oxygens (including phenoxy) is 1. The number of aromatic amines is 1. The largest absolute Gasteiger partial charge is 0.482 e. The van der Waals surface area contributed by atoms with Gasteiger partial charge in [0.2, 0.25) is 5.91 Å². The predicted octanol–water partition coefficient (Wildman–Crippen LogP) is 3.59. The first kappa shape index (κ1) is 17.9. The maximum atomic E-state index is 12.5. The Balaban J connectivity index is 1.29. The molecule has 2 heterocycles. The van der Waals surface area contributed by atoms with Gasteiger partial charge in [-0.25, -0.2) is 4.98 Å². The summed E-state index contributed by atoms with van der Waals surface area (Å²) in [6, 6.07) is 22.4. The molecule has 0 saturated heterocycles. The van der Waals surface area contributed by atoms with Crippen LogP contribution in [-0.4, -0.2) is 34.9 Å². The third kappa shape index (κ3) is 3.37. The molecule has 30 heavy (non-hydrogen) atoms. The van der Waals surface area contributed by atoms with Crippen LogP contribution in [0.3, 0.4) is 0 Å². The molecule has 2 amide bonds. The number of imidazole rings is 1. The van der Waals surface area contributed by atoms with Gasteiger partial charge in [-0.3, -0.25) is 14.5 Å². The summed E-state index contributed by atoms with van der Waals surface area (Å²) < 4.78 is 5.41. The van der Waals surface area contributed by atoms with Gasteiger partial charge in [-0.15, -0.1) is 0 Å². The highest BCUT2D eigenvalue weighted by Gasteiger charge is 2.26. The van der Waals surface area contributed by atoms with Crippen LogP contribution in [-0.2, 0) is 9.59 Å². The number of carbonyl (C=O) groups excluding carboxylic acids is 2. The van der Waals surface area contributed by atoms with Crippen molar-refractivity contribution in [2.45, 2.75) is 0 Å². The SMILES string of the molecule is O=C(CN1C(=O)COc2ccccc21)Nc1ccc(-c2nc3ccccc3[nH]2)cc1. The van der Waals surface area contributed by atoms with Crippen molar-refractivity contribution in [1.29, 1.82) is 0 Å². The van der Waals surface area contributed by atoms with Crippen LogP contribution in [0.1, 0.15) is 0 Å². The molecule has 7 heteroatoms. The number of amides is 2. The van der Waals surface area contributed by atoms with Gasteiger partial charge in [0.05, 0.1) is 16.7 Å². The number of anilines is 2. The molecule has 1 aromatic heterocycles. The number of aromatic nitrogens is 2. The predicted molar refractivity (Wildman–Crippen MR) is 114 cm³/mol. The van der Waals surface area contributed by atoms with Gasteiger partial charge in [-0.05, 0) is 48.5 Å². The molecule has 0 radical (unpaired) electrons. The van der Waals surface area contributed by atoms with E-state index in [4.69, 9.17) is 4.74 Å². The van der Waals surface area contributed by atoms with Gasteiger partial charge < -0.3 is 15.0 Å². The Kier molecular flexibility index (Phi) is 4.40. The number of nitrogens with one attached hydrogen (secondary N) is 2. The van der Waals surface area contributed by atoms with Gasteiger partial charge in [-0.2, -0.15) is 0 Å². The number of nitrogens with zero attached hydrogens (tertiary/aromatic N) is 2. The molecule has 0 fully saturated rings. The van der Waals surface area contributed by atoms with E-state index < -0.39 is 0 Å². The Hall–Kier alpha value is -4.13. The summed E-state index contributed by atoms with van der Waals surface area (Å²) in [6.45, 7) is -0.152. The highest BCUT2D eigenvalue weighted by molar-refractivity contribution is 6.05. The minimum absolute atomic E-state index is 0.0729. The first-order chi connectivity index (χ1) is 14.7. The molecule has 0 aliphatic carbocycles. The molecular formula is C23H18N4O3. The number of para-hydroxylation sites is 4. The molecule has 148 valence electrons. The van der Waals surface area contributed by atoms with Crippen LogP contribution in [0.4, 0.5) is 11.4 Å². The van der Waals surface area contributed by atoms with Crippen molar-refractivity contribution in [3.05, 3.63) is 72.8 Å². The van der Waals surface area contributed by atoms with E-state index in [1.165, 1.54) is 4.90 Å². The van der Waals surface area contributed by atoms with Crippen molar-refractivity contribution in [3.8, 4) is 17.1 Å². The molecule has 1 aliphatic rings. The minimum atomic E-state index is -0.281. The van der Waals surface area contributed by atoms with Gasteiger partial charge in [-0.1, -0.05) is 24.3 Å². The van der Waals surface area contributed by atoms with Crippen LogP contribution in [0, 0.1) is 0 Å². The molecule has 1 aliphatic heterocycles. The lowest BCUT2D eigenvalue weighted by molar-refractivity contribution is -0.123. The molecule has 3 aromatic carbocycles. The first-order valence-corrected chi connectivity index (χ1v) is 9.54. The van der Waals surface area contributed by atoms with Crippen LogP contribution in [0.25, 0.3) is 22.4 Å². The second-order valence-electron chi connectivity index (χ2n) is 6.96. The molecular weight excluding hydrogens is 380 g/mol. The fraction of sp³-hybridized carbons (Fsp3) is 0.0870. The van der Waals surface area contributed by atoms with E-state index in [0.717, 1.165) is 22.4 Å². The van der Waals surface area contributed by atoms with Crippen LogP contribution >= 0.6 is 0 Å². The fourth-order valence-corrected chi connectivity index (χ4v) is 3.47. The number of rotatable bonds is 4. The van der Waals surface area contributed by atoms with Gasteiger partial charge in [0.25, 0.3) is 5.91 Å².